The summed E-state index contributed by atoms with van der Waals surface area (Å²) in [5.74, 6) is -0.204. The second kappa shape index (κ2) is 3.69. The van der Waals surface area contributed by atoms with Gasteiger partial charge in [0.2, 0.25) is 0 Å². The summed E-state index contributed by atoms with van der Waals surface area (Å²) in [7, 11) is 1.39. The Labute approximate surface area is 66.0 Å². The molecule has 0 aromatic heterocycles. The fourth-order valence-electron chi connectivity index (χ4n) is 1.06. The molecule has 64 valence electrons. The molecule has 0 radical (unpaired) electrons. The summed E-state index contributed by atoms with van der Waals surface area (Å²) in [4.78, 5) is 16.1. The molecule has 0 bridgehead atoms. The van der Waals surface area contributed by atoms with Crippen molar-refractivity contribution in [2.24, 2.45) is 0 Å². The van der Waals surface area contributed by atoms with Crippen LogP contribution >= 0.6 is 0 Å². The molecular weight excluding hydrogens is 146 g/mol. The van der Waals surface area contributed by atoms with Gasteiger partial charge in [-0.05, 0) is 13.3 Å². The second-order valence-electron chi connectivity index (χ2n) is 2.39. The average Bonchev–Trinajstić information content (AvgIpc) is 1.98. The van der Waals surface area contributed by atoms with Crippen LogP contribution in [0.2, 0.25) is 0 Å². The number of carbonyl (C=O) groups is 1. The van der Waals surface area contributed by atoms with E-state index in [-0.39, 0.29) is 12.0 Å². The fraction of sp³-hybridized carbons (Fsp3) is 0.857. The van der Waals surface area contributed by atoms with E-state index in [1.807, 2.05) is 6.92 Å². The van der Waals surface area contributed by atoms with Crippen molar-refractivity contribution in [1.29, 1.82) is 0 Å². The normalized spacial score (nSPS) is 24.4. The summed E-state index contributed by atoms with van der Waals surface area (Å²) >= 11 is 0. The summed E-state index contributed by atoms with van der Waals surface area (Å²) in [5.41, 5.74) is 0. The highest BCUT2D eigenvalue weighted by Gasteiger charge is 2.35. The Morgan fingerprint density at radius 2 is 2.45 bits per heavy atom. The molecule has 1 aliphatic heterocycles. The van der Waals surface area contributed by atoms with Crippen molar-refractivity contribution in [2.45, 2.75) is 19.4 Å². The van der Waals surface area contributed by atoms with Crippen LogP contribution in [-0.4, -0.2) is 37.3 Å². The highest BCUT2D eigenvalue weighted by atomic mass is 16.7. The van der Waals surface area contributed by atoms with Crippen LogP contribution in [0.25, 0.3) is 0 Å². The van der Waals surface area contributed by atoms with Crippen molar-refractivity contribution in [2.75, 3.05) is 20.3 Å². The highest BCUT2D eigenvalue weighted by Crippen LogP contribution is 2.18. The number of rotatable bonds is 3. The van der Waals surface area contributed by atoms with Gasteiger partial charge in [0.05, 0.1) is 13.7 Å². The summed E-state index contributed by atoms with van der Waals surface area (Å²) in [5, 5.41) is 1.66. The van der Waals surface area contributed by atoms with Crippen LogP contribution in [0.3, 0.4) is 0 Å². The molecule has 0 spiro atoms. The molecule has 0 aromatic rings. The predicted molar refractivity (Wildman–Crippen MR) is 38.8 cm³/mol. The molecule has 11 heavy (non-hydrogen) atoms. The minimum Gasteiger partial charge on any atom is -0.468 e. The molecule has 4 heteroatoms. The molecule has 1 fully saturated rings. The maximum absolute atomic E-state index is 10.9. The molecule has 1 aliphatic rings. The first kappa shape index (κ1) is 8.49. The molecule has 1 unspecified atom stereocenters. The van der Waals surface area contributed by atoms with Gasteiger partial charge in [0.1, 0.15) is 6.04 Å². The van der Waals surface area contributed by atoms with Crippen LogP contribution in [0.15, 0.2) is 0 Å². The average molecular weight is 159 g/mol. The molecular formula is C7H13NO3. The number of methoxy groups -OCH3 is 1. The molecule has 1 heterocycles. The lowest BCUT2D eigenvalue weighted by molar-refractivity contribution is -0.233. The Kier molecular flexibility index (Phi) is 2.84. The maximum Gasteiger partial charge on any atom is 0.325 e. The van der Waals surface area contributed by atoms with Crippen molar-refractivity contribution >= 4 is 5.97 Å². The van der Waals surface area contributed by atoms with E-state index in [1.165, 1.54) is 7.11 Å². The zero-order valence-corrected chi connectivity index (χ0v) is 6.87. The Bertz CT molecular complexity index is 149. The number of hydrogen-bond donors (Lipinski definition) is 0. The van der Waals surface area contributed by atoms with Crippen molar-refractivity contribution in [3.63, 3.8) is 0 Å². The van der Waals surface area contributed by atoms with E-state index in [4.69, 9.17) is 4.84 Å². The van der Waals surface area contributed by atoms with Gasteiger partial charge >= 0.3 is 5.97 Å². The van der Waals surface area contributed by atoms with Gasteiger partial charge in [-0.15, -0.1) is 0 Å². The number of nitrogens with zero attached hydrogens (tertiary/aromatic N) is 1. The van der Waals surface area contributed by atoms with E-state index >= 15 is 0 Å². The van der Waals surface area contributed by atoms with Crippen molar-refractivity contribution in [1.82, 2.24) is 5.06 Å². The first-order valence-corrected chi connectivity index (χ1v) is 3.77. The standard InChI is InChI=1S/C7H13NO3/c1-3-11-8-5-4-6(8)7(9)10-2/h6H,3-5H2,1-2H3. The van der Waals surface area contributed by atoms with E-state index in [2.05, 4.69) is 4.74 Å². The number of hydrogen-bond acceptors (Lipinski definition) is 4. The van der Waals surface area contributed by atoms with Crippen LogP contribution in [0.4, 0.5) is 0 Å². The SMILES string of the molecule is CCON1CCC1C(=O)OC. The summed E-state index contributed by atoms with van der Waals surface area (Å²) in [6.45, 7) is 3.33. The van der Waals surface area contributed by atoms with E-state index in [9.17, 15) is 4.79 Å². The van der Waals surface area contributed by atoms with E-state index in [1.54, 1.807) is 5.06 Å². The highest BCUT2D eigenvalue weighted by molar-refractivity contribution is 5.76. The molecule has 1 rings (SSSR count). The third-order valence-electron chi connectivity index (χ3n) is 1.74. The monoisotopic (exact) mass is 159 g/mol. The fourth-order valence-corrected chi connectivity index (χ4v) is 1.06. The summed E-state index contributed by atoms with van der Waals surface area (Å²) < 4.78 is 4.57. The van der Waals surface area contributed by atoms with Gasteiger partial charge < -0.3 is 4.74 Å². The Morgan fingerprint density at radius 1 is 1.73 bits per heavy atom. The van der Waals surface area contributed by atoms with E-state index in [0.29, 0.717) is 6.61 Å². The Morgan fingerprint density at radius 3 is 2.82 bits per heavy atom. The number of ether oxygens (including phenoxy) is 1. The van der Waals surface area contributed by atoms with Gasteiger partial charge in [-0.25, -0.2) is 0 Å². The Hall–Kier alpha value is -0.610. The molecule has 0 amide bonds. The topological polar surface area (TPSA) is 38.8 Å². The third-order valence-corrected chi connectivity index (χ3v) is 1.74. The van der Waals surface area contributed by atoms with E-state index in [0.717, 1.165) is 13.0 Å². The van der Waals surface area contributed by atoms with Crippen molar-refractivity contribution in [3.8, 4) is 0 Å². The zero-order valence-electron chi connectivity index (χ0n) is 6.87. The minimum atomic E-state index is -0.204. The number of carbonyl (C=O) groups excluding carboxylic acids is 1. The number of hydroxylamine groups is 2. The molecule has 0 saturated carbocycles. The second-order valence-corrected chi connectivity index (χ2v) is 2.39. The van der Waals surface area contributed by atoms with Crippen LogP contribution in [-0.2, 0) is 14.4 Å². The van der Waals surface area contributed by atoms with Crippen molar-refractivity contribution < 1.29 is 14.4 Å². The summed E-state index contributed by atoms with van der Waals surface area (Å²) in [6, 6.07) is -0.167. The predicted octanol–water partition coefficient (Wildman–Crippen LogP) is 0.185. The number of esters is 1. The molecule has 0 aliphatic carbocycles. The quantitative estimate of drug-likeness (QED) is 0.551. The smallest absolute Gasteiger partial charge is 0.325 e. The first-order valence-electron chi connectivity index (χ1n) is 3.77. The maximum atomic E-state index is 10.9. The van der Waals surface area contributed by atoms with Gasteiger partial charge in [-0.1, -0.05) is 0 Å². The van der Waals surface area contributed by atoms with Gasteiger partial charge in [-0.3, -0.25) is 9.63 Å². The van der Waals surface area contributed by atoms with Gasteiger partial charge in [0, 0.05) is 6.54 Å². The van der Waals surface area contributed by atoms with Gasteiger partial charge in [-0.2, -0.15) is 5.06 Å². The lowest BCUT2D eigenvalue weighted by Crippen LogP contribution is -2.52. The third kappa shape index (κ3) is 1.70. The molecule has 0 aromatic carbocycles. The van der Waals surface area contributed by atoms with Crippen LogP contribution in [0.5, 0.6) is 0 Å². The zero-order chi connectivity index (χ0) is 8.27. The summed E-state index contributed by atoms with van der Waals surface area (Å²) in [6.07, 6.45) is 0.840. The van der Waals surface area contributed by atoms with Crippen molar-refractivity contribution in [3.05, 3.63) is 0 Å². The lowest BCUT2D eigenvalue weighted by atomic mass is 10.1. The molecule has 0 N–H and O–H groups in total. The van der Waals surface area contributed by atoms with Crippen LogP contribution in [0, 0.1) is 0 Å². The largest absolute Gasteiger partial charge is 0.468 e. The molecule has 1 saturated heterocycles. The molecule has 1 atom stereocenters. The van der Waals surface area contributed by atoms with Crippen LogP contribution in [0.1, 0.15) is 13.3 Å². The lowest BCUT2D eigenvalue weighted by Gasteiger charge is -2.36. The minimum absolute atomic E-state index is 0.167. The van der Waals surface area contributed by atoms with Gasteiger partial charge in [0.15, 0.2) is 0 Å². The molecule has 4 nitrogen and oxygen atoms in total. The first-order chi connectivity index (χ1) is 5.29. The van der Waals surface area contributed by atoms with E-state index < -0.39 is 0 Å². The van der Waals surface area contributed by atoms with Gasteiger partial charge in [0.25, 0.3) is 0 Å². The Balaban J connectivity index is 2.30. The van der Waals surface area contributed by atoms with Crippen LogP contribution < -0.4 is 0 Å².